The zero-order valence-electron chi connectivity index (χ0n) is 19.8. The average molecular weight is 516 g/mol. The lowest BCUT2D eigenvalue weighted by atomic mass is 9.78. The lowest BCUT2D eigenvalue weighted by Crippen LogP contribution is -2.66. The van der Waals surface area contributed by atoms with Gasteiger partial charge in [-0.1, -0.05) is 6.92 Å². The van der Waals surface area contributed by atoms with Crippen molar-refractivity contribution in [2.45, 2.75) is 62.5 Å². The number of halogens is 2. The molecule has 13 heteroatoms. The summed E-state index contributed by atoms with van der Waals surface area (Å²) < 4.78 is 25.3. The van der Waals surface area contributed by atoms with Gasteiger partial charge in [0.2, 0.25) is 11.8 Å². The van der Waals surface area contributed by atoms with Gasteiger partial charge in [-0.2, -0.15) is 8.78 Å². The van der Waals surface area contributed by atoms with Crippen LogP contribution in [0.3, 0.4) is 0 Å². The number of nitrogens with one attached hydrogen (secondary N) is 3. The van der Waals surface area contributed by atoms with Crippen LogP contribution in [0.4, 0.5) is 8.78 Å². The van der Waals surface area contributed by atoms with Gasteiger partial charge in [0.25, 0.3) is 5.91 Å². The number of fused-ring (bicyclic) bond motifs is 1. The van der Waals surface area contributed by atoms with Crippen LogP contribution in [-0.2, 0) is 19.2 Å². The molecule has 194 valence electrons. The summed E-state index contributed by atoms with van der Waals surface area (Å²) >= 11 is 1.36. The van der Waals surface area contributed by atoms with Crippen molar-refractivity contribution in [3.05, 3.63) is 10.6 Å². The molecular formula is C22H31F2N5O5S. The Bertz CT molecular complexity index is 943. The predicted molar refractivity (Wildman–Crippen MR) is 123 cm³/mol. The van der Waals surface area contributed by atoms with E-state index in [1.54, 1.807) is 11.9 Å². The highest BCUT2D eigenvalue weighted by atomic mass is 32.2. The number of hydrogen-bond acceptors (Lipinski definition) is 7. The van der Waals surface area contributed by atoms with Crippen LogP contribution in [0.5, 0.6) is 0 Å². The average Bonchev–Trinajstić information content (AvgIpc) is 3.53. The van der Waals surface area contributed by atoms with Crippen LogP contribution in [0.25, 0.3) is 0 Å². The number of carbonyl (C=O) groups excluding carboxylic acids is 3. The minimum Gasteiger partial charge on any atom is -0.477 e. The minimum absolute atomic E-state index is 0.0105. The van der Waals surface area contributed by atoms with Crippen LogP contribution in [-0.4, -0.2) is 101 Å². The molecule has 0 bridgehead atoms. The van der Waals surface area contributed by atoms with Gasteiger partial charge in [-0.05, 0) is 26.3 Å². The molecule has 4 N–H and O–H groups in total. The first kappa shape index (κ1) is 25.8. The molecule has 0 saturated carbocycles. The van der Waals surface area contributed by atoms with Gasteiger partial charge in [-0.15, -0.1) is 11.8 Å². The van der Waals surface area contributed by atoms with Gasteiger partial charge >= 0.3 is 12.4 Å². The van der Waals surface area contributed by atoms with Crippen molar-refractivity contribution < 1.29 is 33.1 Å². The third kappa shape index (κ3) is 4.65. The highest BCUT2D eigenvalue weighted by molar-refractivity contribution is 8.03. The van der Waals surface area contributed by atoms with E-state index in [1.165, 1.54) is 23.6 Å². The first-order valence-corrected chi connectivity index (χ1v) is 12.7. The van der Waals surface area contributed by atoms with Gasteiger partial charge in [0, 0.05) is 48.3 Å². The molecule has 0 radical (unpaired) electrons. The SMILES string of the molecule is CC(NC(=O)C(F)F)[C@H]1C(=O)N2C(C(=O)O)=C(S[C@@H]3CN[C@H](C(=O)N(C)[C@H]4CCNC4)C3)[C@H](C)[C@H]12. The number of carboxylic acid groups (broad SMARTS) is 1. The Balaban J connectivity index is 1.43. The molecule has 7 atom stereocenters. The predicted octanol–water partition coefficient (Wildman–Crippen LogP) is -0.187. The molecule has 4 aliphatic heterocycles. The number of nitrogens with zero attached hydrogens (tertiary/aromatic N) is 2. The van der Waals surface area contributed by atoms with E-state index in [0.717, 1.165) is 19.5 Å². The maximum atomic E-state index is 12.9. The fourth-order valence-corrected chi connectivity index (χ4v) is 7.11. The highest BCUT2D eigenvalue weighted by Crippen LogP contribution is 2.51. The number of alkyl halides is 2. The standard InChI is InChI=1S/C22H31F2N5O5S/c1-9-15-14(10(2)27-19(30)18(23)24)21(32)29(15)16(22(33)34)17(9)35-12-6-13(26-8-12)20(31)28(3)11-4-5-25-7-11/h9-15,18,25-26H,4-8H2,1-3H3,(H,27,30)(H,33,34)/t9-,10?,11+,12+,13+,14-,15-/m1/s1. The van der Waals surface area contributed by atoms with Gasteiger partial charge in [0.05, 0.1) is 18.0 Å². The van der Waals surface area contributed by atoms with E-state index in [9.17, 15) is 33.1 Å². The van der Waals surface area contributed by atoms with Gasteiger partial charge in [0.1, 0.15) is 5.70 Å². The van der Waals surface area contributed by atoms with E-state index in [2.05, 4.69) is 16.0 Å². The molecule has 4 rings (SSSR count). The van der Waals surface area contributed by atoms with Crippen molar-refractivity contribution in [3.63, 3.8) is 0 Å². The molecule has 0 spiro atoms. The fourth-order valence-electron chi connectivity index (χ4n) is 5.63. The molecule has 4 heterocycles. The number of thioether (sulfide) groups is 1. The summed E-state index contributed by atoms with van der Waals surface area (Å²) in [7, 11) is 1.80. The monoisotopic (exact) mass is 515 g/mol. The molecule has 10 nitrogen and oxygen atoms in total. The molecule has 3 fully saturated rings. The summed E-state index contributed by atoms with van der Waals surface area (Å²) in [6.07, 6.45) is -1.76. The van der Waals surface area contributed by atoms with Crippen molar-refractivity contribution in [1.82, 2.24) is 25.8 Å². The summed E-state index contributed by atoms with van der Waals surface area (Å²) in [5.41, 5.74) is -0.0925. The third-order valence-corrected chi connectivity index (χ3v) is 9.02. The van der Waals surface area contributed by atoms with Crippen LogP contribution in [0.2, 0.25) is 0 Å². The molecule has 3 saturated heterocycles. The molecule has 0 aromatic carbocycles. The van der Waals surface area contributed by atoms with Crippen molar-refractivity contribution in [1.29, 1.82) is 0 Å². The molecular weight excluding hydrogens is 484 g/mol. The van der Waals surface area contributed by atoms with Crippen LogP contribution in [0.15, 0.2) is 10.6 Å². The van der Waals surface area contributed by atoms with E-state index in [4.69, 9.17) is 0 Å². The van der Waals surface area contributed by atoms with Crippen LogP contribution in [0.1, 0.15) is 26.7 Å². The van der Waals surface area contributed by atoms with Gasteiger partial charge < -0.3 is 30.9 Å². The van der Waals surface area contributed by atoms with Crippen molar-refractivity contribution in [3.8, 4) is 0 Å². The second-order valence-corrected chi connectivity index (χ2v) is 11.0. The summed E-state index contributed by atoms with van der Waals surface area (Å²) in [5, 5.41) is 18.5. The summed E-state index contributed by atoms with van der Waals surface area (Å²) in [6, 6.07) is -1.59. The second kappa shape index (κ2) is 10.0. The zero-order chi connectivity index (χ0) is 25.6. The van der Waals surface area contributed by atoms with E-state index in [-0.39, 0.29) is 34.9 Å². The number of carboxylic acids is 1. The quantitative estimate of drug-likeness (QED) is 0.328. The number of amides is 3. The number of rotatable bonds is 8. The Morgan fingerprint density at radius 3 is 2.60 bits per heavy atom. The first-order chi connectivity index (χ1) is 16.5. The van der Waals surface area contributed by atoms with E-state index in [0.29, 0.717) is 17.9 Å². The number of likely N-dealkylation sites (N-methyl/N-ethyl adjacent to an activating group) is 1. The summed E-state index contributed by atoms with van der Waals surface area (Å²) in [6.45, 7) is 5.45. The molecule has 0 aliphatic carbocycles. The number of aliphatic carboxylic acids is 1. The lowest BCUT2D eigenvalue weighted by Gasteiger charge is -2.47. The van der Waals surface area contributed by atoms with E-state index >= 15 is 0 Å². The third-order valence-electron chi connectivity index (χ3n) is 7.51. The molecule has 1 unspecified atom stereocenters. The Labute approximate surface area is 206 Å². The summed E-state index contributed by atoms with van der Waals surface area (Å²) in [5.74, 6) is -4.31. The molecule has 3 amide bonds. The largest absolute Gasteiger partial charge is 0.477 e. The van der Waals surface area contributed by atoms with Crippen LogP contribution >= 0.6 is 11.8 Å². The number of β-lactam (4-membered cyclic amide) rings is 1. The molecule has 4 aliphatic rings. The van der Waals surface area contributed by atoms with E-state index < -0.39 is 42.2 Å². The number of hydrogen-bond donors (Lipinski definition) is 4. The van der Waals surface area contributed by atoms with E-state index in [1.807, 2.05) is 6.92 Å². The first-order valence-electron chi connectivity index (χ1n) is 11.8. The Hall–Kier alpha value is -2.25. The highest BCUT2D eigenvalue weighted by Gasteiger charge is 2.60. The second-order valence-electron chi connectivity index (χ2n) is 9.66. The van der Waals surface area contributed by atoms with Gasteiger partial charge in [0.15, 0.2) is 0 Å². The number of carbonyl (C=O) groups is 4. The molecule has 0 aromatic heterocycles. The van der Waals surface area contributed by atoms with Gasteiger partial charge in [-0.25, -0.2) is 4.79 Å². The van der Waals surface area contributed by atoms with Crippen molar-refractivity contribution >= 4 is 35.5 Å². The summed E-state index contributed by atoms with van der Waals surface area (Å²) in [4.78, 5) is 52.8. The van der Waals surface area contributed by atoms with Gasteiger partial charge in [-0.3, -0.25) is 14.4 Å². The Morgan fingerprint density at radius 2 is 2.00 bits per heavy atom. The Kier molecular flexibility index (Phi) is 7.39. The zero-order valence-corrected chi connectivity index (χ0v) is 20.6. The maximum Gasteiger partial charge on any atom is 0.353 e. The normalized spacial score (nSPS) is 33.1. The Morgan fingerprint density at radius 1 is 1.29 bits per heavy atom. The molecule has 35 heavy (non-hydrogen) atoms. The topological polar surface area (TPSA) is 131 Å². The van der Waals surface area contributed by atoms with Crippen LogP contribution < -0.4 is 16.0 Å². The maximum absolute atomic E-state index is 12.9. The van der Waals surface area contributed by atoms with Crippen molar-refractivity contribution in [2.75, 3.05) is 26.7 Å². The van der Waals surface area contributed by atoms with Crippen LogP contribution in [0, 0.1) is 11.8 Å². The van der Waals surface area contributed by atoms with Crippen molar-refractivity contribution in [2.24, 2.45) is 11.8 Å². The minimum atomic E-state index is -3.20. The smallest absolute Gasteiger partial charge is 0.353 e. The molecule has 0 aromatic rings. The fraction of sp³-hybridized carbons (Fsp3) is 0.727. The lowest BCUT2D eigenvalue weighted by molar-refractivity contribution is -0.159.